The van der Waals surface area contributed by atoms with Gasteiger partial charge in [0.2, 0.25) is 0 Å². The van der Waals surface area contributed by atoms with Crippen molar-refractivity contribution in [2.75, 3.05) is 0 Å². The maximum absolute atomic E-state index is 6.88. The molecule has 0 radical (unpaired) electrons. The molecule has 0 atom stereocenters. The molecule has 5 nitrogen and oxygen atoms in total. The van der Waals surface area contributed by atoms with Crippen LogP contribution in [-0.4, -0.2) is 22.2 Å². The Labute approximate surface area is 470 Å². The molecule has 13 aromatic rings. The fourth-order valence-electron chi connectivity index (χ4n) is 11.9. The molecule has 0 aliphatic carbocycles. The summed E-state index contributed by atoms with van der Waals surface area (Å²) in [6, 6.07) is 95.0. The Morgan fingerprint density at radius 1 is 0.425 bits per heavy atom. The lowest BCUT2D eigenvalue weighted by atomic mass is 9.85. The summed E-state index contributed by atoms with van der Waals surface area (Å²) < 4.78 is 13.6. The molecular formula is C74H62N4OSi. The molecule has 0 aliphatic heterocycles. The minimum Gasteiger partial charge on any atom is -0.458 e. The van der Waals surface area contributed by atoms with E-state index in [9.17, 15) is 0 Å². The van der Waals surface area contributed by atoms with Gasteiger partial charge in [-0.25, -0.2) is 4.98 Å². The Hall–Kier alpha value is -9.36. The number of nitrogens with zero attached hydrogens (tertiary/aromatic N) is 4. The summed E-state index contributed by atoms with van der Waals surface area (Å²) in [6.07, 6.45) is 5.88. The molecule has 13 rings (SSSR count). The Kier molecular flexibility index (Phi) is 12.6. The largest absolute Gasteiger partial charge is 0.458 e. The quantitative estimate of drug-likeness (QED) is 0.0560. The number of pyridine rings is 1. The van der Waals surface area contributed by atoms with E-state index in [-0.39, 0.29) is 10.8 Å². The SMILES string of the molecule is CC(C)(C)c1cccc(-c2cccc(-c3cccc([Si](c4ccccc4)(c4ccccc4)c4ccccc4)c3)c2-[n+]2[c-]n(-c3cccc(Oc4ccc5c6ccccc6n(-c6cc(C(C)(C)C)ccn6)c5c4)c3)c3ccccc32)c1. The van der Waals surface area contributed by atoms with Crippen LogP contribution in [0.3, 0.4) is 0 Å². The molecule has 0 aliphatic rings. The van der Waals surface area contributed by atoms with Gasteiger partial charge < -0.3 is 4.74 Å². The Morgan fingerprint density at radius 2 is 0.963 bits per heavy atom. The smallest absolute Gasteiger partial charge is 0.269 e. The van der Waals surface area contributed by atoms with Gasteiger partial charge in [0.05, 0.1) is 33.4 Å². The highest BCUT2D eigenvalue weighted by atomic mass is 28.3. The second-order valence-corrected chi connectivity index (χ2v) is 26.8. The number of ether oxygens (including phenoxy) is 1. The second kappa shape index (κ2) is 20.1. The van der Waals surface area contributed by atoms with Crippen LogP contribution in [0.1, 0.15) is 52.7 Å². The molecule has 6 heteroatoms. The van der Waals surface area contributed by atoms with Crippen molar-refractivity contribution in [3.8, 4) is 50.9 Å². The molecule has 3 aromatic heterocycles. The average molecular weight is 1050 g/mol. The second-order valence-electron chi connectivity index (χ2n) is 23.0. The van der Waals surface area contributed by atoms with Crippen LogP contribution in [0.25, 0.3) is 72.3 Å². The average Bonchev–Trinajstić information content (AvgIpc) is 4.00. The van der Waals surface area contributed by atoms with Crippen LogP contribution in [0, 0.1) is 6.33 Å². The highest BCUT2D eigenvalue weighted by Crippen LogP contribution is 2.39. The minimum absolute atomic E-state index is 0.0312. The predicted molar refractivity (Wildman–Crippen MR) is 334 cm³/mol. The molecule has 0 bridgehead atoms. The molecule has 0 saturated carbocycles. The summed E-state index contributed by atoms with van der Waals surface area (Å²) in [6.45, 7) is 13.6. The third-order valence-corrected chi connectivity index (χ3v) is 20.7. The van der Waals surface area contributed by atoms with Crippen molar-refractivity contribution in [3.63, 3.8) is 0 Å². The van der Waals surface area contributed by atoms with Gasteiger partial charge >= 0.3 is 0 Å². The summed E-state index contributed by atoms with van der Waals surface area (Å²) in [5, 5.41) is 7.63. The molecule has 0 unspecified atom stereocenters. The van der Waals surface area contributed by atoms with Gasteiger partial charge in [-0.1, -0.05) is 248 Å². The van der Waals surface area contributed by atoms with Crippen LogP contribution < -0.4 is 30.1 Å². The van der Waals surface area contributed by atoms with Crippen LogP contribution in [0.15, 0.2) is 267 Å². The molecule has 10 aromatic carbocycles. The molecule has 0 fully saturated rings. The first-order valence-electron chi connectivity index (χ1n) is 27.7. The highest BCUT2D eigenvalue weighted by molar-refractivity contribution is 7.19. The molecule has 388 valence electrons. The Morgan fingerprint density at radius 3 is 1.64 bits per heavy atom. The van der Waals surface area contributed by atoms with Crippen molar-refractivity contribution in [2.24, 2.45) is 0 Å². The number of para-hydroxylation sites is 4. The summed E-state index contributed by atoms with van der Waals surface area (Å²) in [4.78, 5) is 4.92. The maximum atomic E-state index is 6.88. The van der Waals surface area contributed by atoms with E-state index < -0.39 is 8.07 Å². The first-order chi connectivity index (χ1) is 38.9. The molecule has 3 heterocycles. The molecule has 0 spiro atoms. The van der Waals surface area contributed by atoms with Crippen molar-refractivity contribution < 1.29 is 9.30 Å². The number of fused-ring (bicyclic) bond motifs is 4. The van der Waals surface area contributed by atoms with E-state index in [1.165, 1.54) is 37.3 Å². The first-order valence-corrected chi connectivity index (χ1v) is 29.7. The zero-order chi connectivity index (χ0) is 54.6. The zero-order valence-electron chi connectivity index (χ0n) is 46.1. The fraction of sp³-hybridized carbons (Fsp3) is 0.108. The van der Waals surface area contributed by atoms with E-state index in [4.69, 9.17) is 9.72 Å². The monoisotopic (exact) mass is 1050 g/mol. The van der Waals surface area contributed by atoms with E-state index in [1.807, 2.05) is 12.3 Å². The van der Waals surface area contributed by atoms with Gasteiger partial charge in [0.1, 0.15) is 17.3 Å². The fourth-order valence-corrected chi connectivity index (χ4v) is 16.7. The van der Waals surface area contributed by atoms with Crippen molar-refractivity contribution in [1.29, 1.82) is 0 Å². The van der Waals surface area contributed by atoms with Crippen molar-refractivity contribution in [2.45, 2.75) is 52.4 Å². The van der Waals surface area contributed by atoms with Crippen LogP contribution >= 0.6 is 0 Å². The number of imidazole rings is 1. The van der Waals surface area contributed by atoms with Gasteiger partial charge in [0, 0.05) is 23.0 Å². The summed E-state index contributed by atoms with van der Waals surface area (Å²) in [5.41, 5.74) is 13.1. The van der Waals surface area contributed by atoms with Gasteiger partial charge in [-0.15, -0.1) is 0 Å². The third kappa shape index (κ3) is 8.92. The van der Waals surface area contributed by atoms with E-state index >= 15 is 0 Å². The standard InChI is InChI=1S/C74H62N4OSi/c1-73(2,3)54-26-20-24-52(46-54)63-37-23-38-64(53-25-21-35-62(47-53)80(59-29-10-7-11-30-59,60-31-12-8-13-32-60)61-33-14-9-15-34-61)72(63)77-51-76(68-40-18-19-41-69(68)77)56-27-22-28-57(49-56)79-58-42-43-66-65-36-16-17-39-67(65)78(70(66)50-58)71-48-55(44-45-75-71)74(4,5)6/h7-50H,1-6H3. The highest BCUT2D eigenvalue weighted by Gasteiger charge is 2.41. The summed E-state index contributed by atoms with van der Waals surface area (Å²) in [7, 11) is -2.87. The van der Waals surface area contributed by atoms with Gasteiger partial charge in [-0.2, -0.15) is 0 Å². The van der Waals surface area contributed by atoms with Gasteiger partial charge in [0.15, 0.2) is 8.07 Å². The van der Waals surface area contributed by atoms with E-state index in [0.29, 0.717) is 0 Å². The van der Waals surface area contributed by atoms with Gasteiger partial charge in [0.25, 0.3) is 6.33 Å². The van der Waals surface area contributed by atoms with Crippen molar-refractivity contribution >= 4 is 61.7 Å². The van der Waals surface area contributed by atoms with E-state index in [0.717, 1.165) is 78.4 Å². The van der Waals surface area contributed by atoms with Crippen LogP contribution in [0.4, 0.5) is 0 Å². The molecule has 0 N–H and O–H groups in total. The molecule has 0 amide bonds. The zero-order valence-corrected chi connectivity index (χ0v) is 47.1. The number of benzene rings is 10. The van der Waals surface area contributed by atoms with Crippen LogP contribution in [0.2, 0.25) is 0 Å². The number of rotatable bonds is 11. The lowest BCUT2D eigenvalue weighted by Gasteiger charge is -2.34. The number of aromatic nitrogens is 4. The normalized spacial score (nSPS) is 12.1. The summed E-state index contributed by atoms with van der Waals surface area (Å²) in [5.74, 6) is 2.33. The lowest BCUT2D eigenvalue weighted by molar-refractivity contribution is -0.571. The Bertz CT molecular complexity index is 4310. The predicted octanol–water partition coefficient (Wildman–Crippen LogP) is 15.3. The third-order valence-electron chi connectivity index (χ3n) is 15.9. The van der Waals surface area contributed by atoms with E-state index in [2.05, 4.69) is 316 Å². The van der Waals surface area contributed by atoms with Crippen LogP contribution in [-0.2, 0) is 10.8 Å². The van der Waals surface area contributed by atoms with Crippen molar-refractivity contribution in [3.05, 3.63) is 285 Å². The van der Waals surface area contributed by atoms with E-state index in [1.54, 1.807) is 0 Å². The molecular weight excluding hydrogens is 989 g/mol. The first kappa shape index (κ1) is 50.2. The minimum atomic E-state index is -2.87. The lowest BCUT2D eigenvalue weighted by Crippen LogP contribution is -2.74. The van der Waals surface area contributed by atoms with Gasteiger partial charge in [-0.05, 0) is 113 Å². The van der Waals surface area contributed by atoms with Crippen molar-refractivity contribution in [1.82, 2.24) is 14.1 Å². The topological polar surface area (TPSA) is 35.9 Å². The molecule has 80 heavy (non-hydrogen) atoms. The Balaban J connectivity index is 0.971. The number of hydrogen-bond donors (Lipinski definition) is 0. The van der Waals surface area contributed by atoms with Crippen LogP contribution in [0.5, 0.6) is 11.5 Å². The number of hydrogen-bond acceptors (Lipinski definition) is 2. The molecule has 0 saturated heterocycles. The summed E-state index contributed by atoms with van der Waals surface area (Å²) >= 11 is 0. The van der Waals surface area contributed by atoms with Gasteiger partial charge in [-0.3, -0.25) is 13.7 Å². The maximum Gasteiger partial charge on any atom is 0.269 e.